The number of hydrogen-bond donors (Lipinski definition) is 0. The van der Waals surface area contributed by atoms with Crippen LogP contribution >= 0.6 is 0 Å². The van der Waals surface area contributed by atoms with Gasteiger partial charge in [0.05, 0.1) is 12.3 Å². The van der Waals surface area contributed by atoms with E-state index in [4.69, 9.17) is 4.74 Å². The van der Waals surface area contributed by atoms with Gasteiger partial charge >= 0.3 is 0 Å². The minimum Gasteiger partial charge on any atom is -0.488 e. The molecule has 0 aliphatic rings. The summed E-state index contributed by atoms with van der Waals surface area (Å²) in [7, 11) is 0. The highest BCUT2D eigenvalue weighted by Crippen LogP contribution is 2.28. The third-order valence-electron chi connectivity index (χ3n) is 3.64. The maximum atomic E-state index is 14.2. The van der Waals surface area contributed by atoms with E-state index in [1.165, 1.54) is 19.1 Å². The molecule has 0 unspecified atom stereocenters. The van der Waals surface area contributed by atoms with E-state index in [1.807, 2.05) is 12.1 Å². The van der Waals surface area contributed by atoms with Crippen LogP contribution in [0.2, 0.25) is 0 Å². The maximum Gasteiger partial charge on any atom is 0.190 e. The van der Waals surface area contributed by atoms with Crippen molar-refractivity contribution in [1.82, 2.24) is 4.98 Å². The molecule has 0 aliphatic heterocycles. The maximum absolute atomic E-state index is 14.2. The Kier molecular flexibility index (Phi) is 6.62. The van der Waals surface area contributed by atoms with E-state index in [2.05, 4.69) is 18.8 Å². The van der Waals surface area contributed by atoms with Crippen LogP contribution in [0, 0.1) is 17.6 Å². The Morgan fingerprint density at radius 2 is 1.88 bits per heavy atom. The van der Waals surface area contributed by atoms with Crippen LogP contribution in [0.5, 0.6) is 5.75 Å². The lowest BCUT2D eigenvalue weighted by Crippen LogP contribution is -2.04. The molecule has 1 aromatic carbocycles. The first-order valence-electron chi connectivity index (χ1n) is 8.44. The van der Waals surface area contributed by atoms with Crippen molar-refractivity contribution < 1.29 is 18.3 Å². The molecular formula is C20H23F2NO2. The number of halogens is 2. The Balaban J connectivity index is 2.17. The van der Waals surface area contributed by atoms with Crippen LogP contribution in [0.3, 0.4) is 0 Å². The summed E-state index contributed by atoms with van der Waals surface area (Å²) in [5, 5.41) is 0. The number of benzene rings is 1. The number of ether oxygens (including phenoxy) is 1. The molecular weight excluding hydrogens is 324 g/mol. The first kappa shape index (κ1) is 19.0. The SMILES string of the molecule is CC(=O)CCCOc1c(F)cc(-c2cccc(CC(C)C)n2)cc1F. The monoisotopic (exact) mass is 347 g/mol. The number of Topliss-reactive ketones (excluding diaryl/α,β-unsaturated/α-hetero) is 1. The van der Waals surface area contributed by atoms with Crippen LogP contribution in [0.4, 0.5) is 8.78 Å². The van der Waals surface area contributed by atoms with Gasteiger partial charge in [-0.15, -0.1) is 0 Å². The standard InChI is InChI=1S/C20H23F2NO2/c1-13(2)10-16-7-4-8-19(23-16)15-11-17(21)20(18(22)12-15)25-9-5-6-14(3)24/h4,7-8,11-13H,5-6,9-10H2,1-3H3. The fraction of sp³-hybridized carbons (Fsp3) is 0.400. The highest BCUT2D eigenvalue weighted by molar-refractivity contribution is 5.75. The number of aromatic nitrogens is 1. The van der Waals surface area contributed by atoms with Gasteiger partial charge in [0, 0.05) is 17.7 Å². The molecule has 134 valence electrons. The highest BCUT2D eigenvalue weighted by atomic mass is 19.1. The smallest absolute Gasteiger partial charge is 0.190 e. The van der Waals surface area contributed by atoms with Crippen LogP contribution < -0.4 is 4.74 Å². The summed E-state index contributed by atoms with van der Waals surface area (Å²) in [6.45, 7) is 5.74. The van der Waals surface area contributed by atoms with Crippen molar-refractivity contribution in [3.05, 3.63) is 47.7 Å². The number of nitrogens with zero attached hydrogens (tertiary/aromatic N) is 1. The Morgan fingerprint density at radius 1 is 1.20 bits per heavy atom. The summed E-state index contributed by atoms with van der Waals surface area (Å²) >= 11 is 0. The second-order valence-corrected chi connectivity index (χ2v) is 6.54. The molecule has 1 aromatic heterocycles. The molecule has 0 radical (unpaired) electrons. The molecule has 3 nitrogen and oxygen atoms in total. The van der Waals surface area contributed by atoms with E-state index in [0.717, 1.165) is 12.1 Å². The Morgan fingerprint density at radius 3 is 2.48 bits per heavy atom. The van der Waals surface area contributed by atoms with Crippen LogP contribution in [0.25, 0.3) is 11.3 Å². The number of hydrogen-bond acceptors (Lipinski definition) is 3. The molecule has 1 heterocycles. The minimum atomic E-state index is -0.770. The molecule has 0 bridgehead atoms. The van der Waals surface area contributed by atoms with Crippen molar-refractivity contribution in [2.75, 3.05) is 6.61 Å². The Hall–Kier alpha value is -2.30. The lowest BCUT2D eigenvalue weighted by Gasteiger charge is -2.11. The lowest BCUT2D eigenvalue weighted by atomic mass is 10.1. The van der Waals surface area contributed by atoms with Crippen LogP contribution in [-0.2, 0) is 11.2 Å². The topological polar surface area (TPSA) is 39.2 Å². The van der Waals surface area contributed by atoms with Gasteiger partial charge in [-0.25, -0.2) is 8.78 Å². The Labute approximate surface area is 147 Å². The van der Waals surface area contributed by atoms with Crippen molar-refractivity contribution in [1.29, 1.82) is 0 Å². The molecule has 0 atom stereocenters. The normalized spacial score (nSPS) is 11.0. The molecule has 0 fully saturated rings. The van der Waals surface area contributed by atoms with Crippen LogP contribution in [0.1, 0.15) is 39.3 Å². The van der Waals surface area contributed by atoms with Gasteiger partial charge in [-0.1, -0.05) is 19.9 Å². The number of carbonyl (C=O) groups excluding carboxylic acids is 1. The van der Waals surface area contributed by atoms with Gasteiger partial charge in [-0.05, 0) is 49.9 Å². The second kappa shape index (κ2) is 8.70. The summed E-state index contributed by atoms with van der Waals surface area (Å²) in [6, 6.07) is 7.92. The number of rotatable bonds is 8. The molecule has 5 heteroatoms. The van der Waals surface area contributed by atoms with Gasteiger partial charge in [0.15, 0.2) is 17.4 Å². The fourth-order valence-electron chi connectivity index (χ4n) is 2.51. The van der Waals surface area contributed by atoms with Gasteiger partial charge in [0.1, 0.15) is 5.78 Å². The molecule has 0 N–H and O–H groups in total. The second-order valence-electron chi connectivity index (χ2n) is 6.54. The van der Waals surface area contributed by atoms with Crippen molar-refractivity contribution in [2.45, 2.75) is 40.0 Å². The zero-order valence-electron chi connectivity index (χ0n) is 14.8. The summed E-state index contributed by atoms with van der Waals surface area (Å²) in [6.07, 6.45) is 1.55. The van der Waals surface area contributed by atoms with E-state index in [0.29, 0.717) is 30.0 Å². The largest absolute Gasteiger partial charge is 0.488 e. The predicted molar refractivity (Wildman–Crippen MR) is 93.5 cm³/mol. The fourth-order valence-corrected chi connectivity index (χ4v) is 2.51. The van der Waals surface area contributed by atoms with Crippen molar-refractivity contribution >= 4 is 5.78 Å². The molecule has 0 saturated carbocycles. The highest BCUT2D eigenvalue weighted by Gasteiger charge is 2.15. The van der Waals surface area contributed by atoms with Crippen molar-refractivity contribution in [3.8, 4) is 17.0 Å². The van der Waals surface area contributed by atoms with E-state index in [9.17, 15) is 13.6 Å². The average molecular weight is 347 g/mol. The third kappa shape index (κ3) is 5.62. The number of pyridine rings is 1. The summed E-state index contributed by atoms with van der Waals surface area (Å²) in [5.74, 6) is -1.48. The van der Waals surface area contributed by atoms with Gasteiger partial charge in [0.2, 0.25) is 0 Å². The summed E-state index contributed by atoms with van der Waals surface area (Å²) in [5.41, 5.74) is 1.79. The summed E-state index contributed by atoms with van der Waals surface area (Å²) < 4.78 is 33.6. The summed E-state index contributed by atoms with van der Waals surface area (Å²) in [4.78, 5) is 15.4. The zero-order chi connectivity index (χ0) is 18.4. The van der Waals surface area contributed by atoms with E-state index in [1.54, 1.807) is 6.07 Å². The first-order chi connectivity index (χ1) is 11.9. The molecule has 0 aliphatic carbocycles. The molecule has 2 rings (SSSR count). The quantitative estimate of drug-likeness (QED) is 0.633. The average Bonchev–Trinajstić information content (AvgIpc) is 2.52. The van der Waals surface area contributed by atoms with Gasteiger partial charge in [-0.2, -0.15) is 0 Å². The molecule has 2 aromatic rings. The van der Waals surface area contributed by atoms with E-state index < -0.39 is 17.4 Å². The van der Waals surface area contributed by atoms with Crippen molar-refractivity contribution in [3.63, 3.8) is 0 Å². The van der Waals surface area contributed by atoms with Gasteiger partial charge in [-0.3, -0.25) is 4.98 Å². The van der Waals surface area contributed by atoms with Crippen molar-refractivity contribution in [2.24, 2.45) is 5.92 Å². The molecule has 25 heavy (non-hydrogen) atoms. The molecule has 0 spiro atoms. The van der Waals surface area contributed by atoms with E-state index >= 15 is 0 Å². The minimum absolute atomic E-state index is 0.0206. The van der Waals surface area contributed by atoms with Crippen LogP contribution in [0.15, 0.2) is 30.3 Å². The number of carbonyl (C=O) groups is 1. The Bertz CT molecular complexity index is 721. The zero-order valence-corrected chi connectivity index (χ0v) is 14.8. The molecule has 0 saturated heterocycles. The number of ketones is 1. The molecule has 0 amide bonds. The third-order valence-corrected chi connectivity index (χ3v) is 3.64. The van der Waals surface area contributed by atoms with Gasteiger partial charge < -0.3 is 9.53 Å². The first-order valence-corrected chi connectivity index (χ1v) is 8.44. The van der Waals surface area contributed by atoms with Gasteiger partial charge in [0.25, 0.3) is 0 Å². The lowest BCUT2D eigenvalue weighted by molar-refractivity contribution is -0.117. The van der Waals surface area contributed by atoms with Crippen LogP contribution in [-0.4, -0.2) is 17.4 Å². The van der Waals surface area contributed by atoms with E-state index in [-0.39, 0.29) is 12.4 Å². The predicted octanol–water partition coefficient (Wildman–Crippen LogP) is 4.97.